The SMILES string of the molecule is Cc1cc(C(=O)NC2CCCCC2)ccc1NC(=O)NC(C)CN1CCCC1=O. The third-order valence-electron chi connectivity index (χ3n) is 5.72. The molecule has 0 aromatic heterocycles. The van der Waals surface area contributed by atoms with Crippen molar-refractivity contribution in [3.8, 4) is 0 Å². The van der Waals surface area contributed by atoms with E-state index in [9.17, 15) is 14.4 Å². The van der Waals surface area contributed by atoms with E-state index < -0.39 is 0 Å². The Morgan fingerprint density at radius 2 is 1.93 bits per heavy atom. The van der Waals surface area contributed by atoms with E-state index in [0.717, 1.165) is 31.4 Å². The summed E-state index contributed by atoms with van der Waals surface area (Å²) in [4.78, 5) is 38.3. The summed E-state index contributed by atoms with van der Waals surface area (Å²) in [6, 6.07) is 5.13. The highest BCUT2D eigenvalue weighted by Crippen LogP contribution is 2.20. The van der Waals surface area contributed by atoms with Crippen molar-refractivity contribution in [3.05, 3.63) is 29.3 Å². The molecular formula is C22H32N4O3. The van der Waals surface area contributed by atoms with Crippen LogP contribution in [0.4, 0.5) is 10.5 Å². The fraction of sp³-hybridized carbons (Fsp3) is 0.591. The quantitative estimate of drug-likeness (QED) is 0.685. The molecule has 1 aliphatic heterocycles. The predicted molar refractivity (Wildman–Crippen MR) is 113 cm³/mol. The lowest BCUT2D eigenvalue weighted by molar-refractivity contribution is -0.127. The first-order valence-electron chi connectivity index (χ1n) is 10.7. The summed E-state index contributed by atoms with van der Waals surface area (Å²) in [6.45, 7) is 5.04. The molecule has 158 valence electrons. The van der Waals surface area contributed by atoms with Crippen LogP contribution in [0.15, 0.2) is 18.2 Å². The van der Waals surface area contributed by atoms with E-state index in [1.165, 1.54) is 19.3 Å². The standard InChI is InChI=1S/C22H32N4O3/c1-15-13-17(21(28)24-18-7-4-3-5-8-18)10-11-19(15)25-22(29)23-16(2)14-26-12-6-9-20(26)27/h10-11,13,16,18H,3-9,12,14H2,1-2H3,(H,24,28)(H2,23,25,29). The molecule has 1 aromatic carbocycles. The number of rotatable bonds is 6. The summed E-state index contributed by atoms with van der Waals surface area (Å²) < 4.78 is 0. The molecule has 1 saturated heterocycles. The molecule has 0 radical (unpaired) electrons. The number of anilines is 1. The third kappa shape index (κ3) is 5.95. The lowest BCUT2D eigenvalue weighted by Gasteiger charge is -2.23. The van der Waals surface area contributed by atoms with E-state index in [0.29, 0.717) is 24.2 Å². The Hall–Kier alpha value is -2.57. The molecule has 1 heterocycles. The Morgan fingerprint density at radius 1 is 1.17 bits per heavy atom. The molecule has 1 aliphatic carbocycles. The van der Waals surface area contributed by atoms with Gasteiger partial charge in [0.1, 0.15) is 0 Å². The molecular weight excluding hydrogens is 368 g/mol. The summed E-state index contributed by atoms with van der Waals surface area (Å²) in [6.07, 6.45) is 7.17. The van der Waals surface area contributed by atoms with E-state index in [1.54, 1.807) is 23.1 Å². The Balaban J connectivity index is 1.50. The predicted octanol–water partition coefficient (Wildman–Crippen LogP) is 3.19. The number of hydrogen-bond donors (Lipinski definition) is 3. The van der Waals surface area contributed by atoms with Crippen LogP contribution < -0.4 is 16.0 Å². The number of hydrogen-bond acceptors (Lipinski definition) is 3. The van der Waals surface area contributed by atoms with Crippen LogP contribution in [-0.4, -0.2) is 47.9 Å². The molecule has 3 rings (SSSR count). The fourth-order valence-corrected chi connectivity index (χ4v) is 4.12. The van der Waals surface area contributed by atoms with Crippen LogP contribution in [0.3, 0.4) is 0 Å². The number of benzene rings is 1. The van der Waals surface area contributed by atoms with Crippen molar-refractivity contribution in [1.82, 2.24) is 15.5 Å². The number of amides is 4. The third-order valence-corrected chi connectivity index (χ3v) is 5.72. The number of carbonyl (C=O) groups excluding carboxylic acids is 3. The van der Waals surface area contributed by atoms with Crippen molar-refractivity contribution in [1.29, 1.82) is 0 Å². The Labute approximate surface area is 172 Å². The maximum Gasteiger partial charge on any atom is 0.319 e. The second-order valence-electron chi connectivity index (χ2n) is 8.28. The van der Waals surface area contributed by atoms with Crippen LogP contribution in [0.25, 0.3) is 0 Å². The molecule has 7 nitrogen and oxygen atoms in total. The lowest BCUT2D eigenvalue weighted by atomic mass is 9.95. The van der Waals surface area contributed by atoms with Crippen molar-refractivity contribution < 1.29 is 14.4 Å². The van der Waals surface area contributed by atoms with Gasteiger partial charge >= 0.3 is 6.03 Å². The maximum absolute atomic E-state index is 12.5. The maximum atomic E-state index is 12.5. The first-order valence-corrected chi connectivity index (χ1v) is 10.7. The summed E-state index contributed by atoms with van der Waals surface area (Å²) in [5, 5.41) is 8.83. The van der Waals surface area contributed by atoms with Crippen LogP contribution in [0.2, 0.25) is 0 Å². The first-order chi connectivity index (χ1) is 13.9. The average Bonchev–Trinajstić information content (AvgIpc) is 3.08. The zero-order chi connectivity index (χ0) is 20.8. The van der Waals surface area contributed by atoms with Gasteiger partial charge in [0, 0.05) is 42.8 Å². The Bertz CT molecular complexity index is 758. The molecule has 3 N–H and O–H groups in total. The highest BCUT2D eigenvalue weighted by Gasteiger charge is 2.22. The zero-order valence-corrected chi connectivity index (χ0v) is 17.4. The van der Waals surface area contributed by atoms with E-state index in [2.05, 4.69) is 16.0 Å². The van der Waals surface area contributed by atoms with E-state index >= 15 is 0 Å². The van der Waals surface area contributed by atoms with Gasteiger partial charge in [0.25, 0.3) is 5.91 Å². The summed E-state index contributed by atoms with van der Waals surface area (Å²) >= 11 is 0. The number of carbonyl (C=O) groups is 3. The molecule has 29 heavy (non-hydrogen) atoms. The highest BCUT2D eigenvalue weighted by atomic mass is 16.2. The van der Waals surface area contributed by atoms with E-state index in [-0.39, 0.29) is 29.9 Å². The molecule has 0 bridgehead atoms. The topological polar surface area (TPSA) is 90.5 Å². The number of urea groups is 1. The number of nitrogens with zero attached hydrogens (tertiary/aromatic N) is 1. The number of nitrogens with one attached hydrogen (secondary N) is 3. The minimum absolute atomic E-state index is 0.0556. The summed E-state index contributed by atoms with van der Waals surface area (Å²) in [7, 11) is 0. The molecule has 0 spiro atoms. The van der Waals surface area contributed by atoms with E-state index in [4.69, 9.17) is 0 Å². The molecule has 2 aliphatic rings. The lowest BCUT2D eigenvalue weighted by Crippen LogP contribution is -2.44. The summed E-state index contributed by atoms with van der Waals surface area (Å²) in [5.74, 6) is 0.0944. The Kier molecular flexibility index (Phi) is 7.12. The van der Waals surface area contributed by atoms with Gasteiger partial charge < -0.3 is 20.9 Å². The summed E-state index contributed by atoms with van der Waals surface area (Å²) in [5.41, 5.74) is 2.11. The second-order valence-corrected chi connectivity index (χ2v) is 8.28. The largest absolute Gasteiger partial charge is 0.349 e. The second kappa shape index (κ2) is 9.76. The molecule has 1 aromatic rings. The van der Waals surface area contributed by atoms with Gasteiger partial charge in [-0.25, -0.2) is 4.79 Å². The van der Waals surface area contributed by atoms with Crippen molar-refractivity contribution in [3.63, 3.8) is 0 Å². The molecule has 7 heteroatoms. The minimum atomic E-state index is -0.313. The van der Waals surface area contributed by atoms with Crippen LogP contribution in [0, 0.1) is 6.92 Å². The normalized spacial score (nSPS) is 18.4. The zero-order valence-electron chi connectivity index (χ0n) is 17.4. The molecule has 1 atom stereocenters. The van der Waals surface area contributed by atoms with Gasteiger partial charge in [-0.2, -0.15) is 0 Å². The first kappa shape index (κ1) is 21.1. The fourth-order valence-electron chi connectivity index (χ4n) is 4.12. The van der Waals surface area contributed by atoms with Crippen molar-refractivity contribution in [2.24, 2.45) is 0 Å². The van der Waals surface area contributed by atoms with Crippen molar-refractivity contribution >= 4 is 23.5 Å². The monoisotopic (exact) mass is 400 g/mol. The van der Waals surface area contributed by atoms with Crippen LogP contribution in [0.1, 0.15) is 67.8 Å². The van der Waals surface area contributed by atoms with Crippen LogP contribution >= 0.6 is 0 Å². The minimum Gasteiger partial charge on any atom is -0.349 e. The molecule has 1 unspecified atom stereocenters. The van der Waals surface area contributed by atoms with Gasteiger partial charge in [-0.15, -0.1) is 0 Å². The van der Waals surface area contributed by atoms with Gasteiger partial charge in [-0.05, 0) is 56.9 Å². The van der Waals surface area contributed by atoms with Gasteiger partial charge in [0.2, 0.25) is 5.91 Å². The highest BCUT2D eigenvalue weighted by molar-refractivity contribution is 5.96. The van der Waals surface area contributed by atoms with Gasteiger partial charge in [0.05, 0.1) is 0 Å². The average molecular weight is 401 g/mol. The number of likely N-dealkylation sites (tertiary alicyclic amines) is 1. The van der Waals surface area contributed by atoms with Gasteiger partial charge in [-0.1, -0.05) is 19.3 Å². The smallest absolute Gasteiger partial charge is 0.319 e. The van der Waals surface area contributed by atoms with Gasteiger partial charge in [0.15, 0.2) is 0 Å². The Morgan fingerprint density at radius 3 is 2.59 bits per heavy atom. The van der Waals surface area contributed by atoms with Crippen molar-refractivity contribution in [2.75, 3.05) is 18.4 Å². The number of aryl methyl sites for hydroxylation is 1. The van der Waals surface area contributed by atoms with E-state index in [1.807, 2.05) is 13.8 Å². The van der Waals surface area contributed by atoms with Crippen LogP contribution in [-0.2, 0) is 4.79 Å². The molecule has 2 fully saturated rings. The molecule has 4 amide bonds. The molecule has 1 saturated carbocycles. The van der Waals surface area contributed by atoms with Crippen molar-refractivity contribution in [2.45, 2.75) is 70.9 Å². The van der Waals surface area contributed by atoms with Crippen LogP contribution in [0.5, 0.6) is 0 Å². The van der Waals surface area contributed by atoms with Gasteiger partial charge in [-0.3, -0.25) is 9.59 Å².